The summed E-state index contributed by atoms with van der Waals surface area (Å²) in [5.41, 5.74) is 6.14. The van der Waals surface area contributed by atoms with E-state index in [1.807, 2.05) is 0 Å². The number of aromatic nitrogens is 1. The second kappa shape index (κ2) is 6.40. The minimum atomic E-state index is -2.87. The van der Waals surface area contributed by atoms with Crippen LogP contribution in [0.4, 0.5) is 14.5 Å². The standard InChI is InChI=1S/C12H11F2N3O2S/c13-12(14)19-8-3-1-7(2-4-8)16-11(18)9-6-20-10(5-15)17-9/h1-4,6,12H,5,15H2,(H,16,18). The summed E-state index contributed by atoms with van der Waals surface area (Å²) in [5, 5.41) is 4.86. The summed E-state index contributed by atoms with van der Waals surface area (Å²) < 4.78 is 28.2. The summed E-state index contributed by atoms with van der Waals surface area (Å²) in [6, 6.07) is 5.61. The lowest BCUT2D eigenvalue weighted by Crippen LogP contribution is -2.12. The predicted molar refractivity (Wildman–Crippen MR) is 71.0 cm³/mol. The lowest BCUT2D eigenvalue weighted by Gasteiger charge is -2.06. The van der Waals surface area contributed by atoms with E-state index in [9.17, 15) is 13.6 Å². The molecule has 0 spiro atoms. The molecule has 106 valence electrons. The third-order valence-electron chi connectivity index (χ3n) is 2.30. The van der Waals surface area contributed by atoms with Crippen LogP contribution in [0.25, 0.3) is 0 Å². The second-order valence-corrected chi connectivity index (χ2v) is 4.63. The van der Waals surface area contributed by atoms with E-state index in [-0.39, 0.29) is 23.9 Å². The van der Waals surface area contributed by atoms with Gasteiger partial charge in [0.2, 0.25) is 0 Å². The van der Waals surface area contributed by atoms with Crippen LogP contribution in [0.15, 0.2) is 29.6 Å². The molecule has 1 aromatic carbocycles. The molecule has 0 aliphatic rings. The second-order valence-electron chi connectivity index (χ2n) is 3.69. The van der Waals surface area contributed by atoms with Crippen molar-refractivity contribution in [1.29, 1.82) is 0 Å². The summed E-state index contributed by atoms with van der Waals surface area (Å²) in [4.78, 5) is 15.9. The van der Waals surface area contributed by atoms with Crippen LogP contribution < -0.4 is 15.8 Å². The van der Waals surface area contributed by atoms with Gasteiger partial charge in [-0.2, -0.15) is 8.78 Å². The Morgan fingerprint density at radius 1 is 1.40 bits per heavy atom. The maximum atomic E-state index is 12.0. The Labute approximate surface area is 117 Å². The van der Waals surface area contributed by atoms with Crippen LogP contribution in [0.3, 0.4) is 0 Å². The number of ether oxygens (including phenoxy) is 1. The van der Waals surface area contributed by atoms with Gasteiger partial charge in [0.1, 0.15) is 16.5 Å². The van der Waals surface area contributed by atoms with Gasteiger partial charge >= 0.3 is 6.61 Å². The van der Waals surface area contributed by atoms with Crippen molar-refractivity contribution in [3.63, 3.8) is 0 Å². The quantitative estimate of drug-likeness (QED) is 0.889. The molecule has 0 saturated heterocycles. The Morgan fingerprint density at radius 2 is 2.10 bits per heavy atom. The monoisotopic (exact) mass is 299 g/mol. The van der Waals surface area contributed by atoms with Gasteiger partial charge in [-0.15, -0.1) is 11.3 Å². The van der Waals surface area contributed by atoms with E-state index in [4.69, 9.17) is 5.73 Å². The molecule has 1 heterocycles. The number of anilines is 1. The number of nitrogens with zero attached hydrogens (tertiary/aromatic N) is 1. The molecule has 0 radical (unpaired) electrons. The van der Waals surface area contributed by atoms with E-state index in [0.29, 0.717) is 10.7 Å². The average Bonchev–Trinajstić information content (AvgIpc) is 2.89. The van der Waals surface area contributed by atoms with Gasteiger partial charge in [0.05, 0.1) is 0 Å². The van der Waals surface area contributed by atoms with Crippen molar-refractivity contribution >= 4 is 22.9 Å². The number of benzene rings is 1. The van der Waals surface area contributed by atoms with E-state index >= 15 is 0 Å². The number of rotatable bonds is 5. The van der Waals surface area contributed by atoms with Crippen LogP contribution >= 0.6 is 11.3 Å². The number of alkyl halides is 2. The molecule has 8 heteroatoms. The minimum Gasteiger partial charge on any atom is -0.435 e. The molecule has 2 rings (SSSR count). The maximum absolute atomic E-state index is 12.0. The molecule has 0 fully saturated rings. The maximum Gasteiger partial charge on any atom is 0.387 e. The van der Waals surface area contributed by atoms with Crippen LogP contribution in [-0.4, -0.2) is 17.5 Å². The van der Waals surface area contributed by atoms with Crippen LogP contribution in [0.5, 0.6) is 5.75 Å². The summed E-state index contributed by atoms with van der Waals surface area (Å²) in [6.45, 7) is -2.60. The van der Waals surface area contributed by atoms with Gasteiger partial charge in [0, 0.05) is 17.6 Å². The van der Waals surface area contributed by atoms with E-state index in [0.717, 1.165) is 0 Å². The molecule has 2 aromatic rings. The SMILES string of the molecule is NCc1nc(C(=O)Nc2ccc(OC(F)F)cc2)cs1. The zero-order valence-electron chi connectivity index (χ0n) is 10.2. The first-order valence-electron chi connectivity index (χ1n) is 5.59. The Balaban J connectivity index is 2.00. The van der Waals surface area contributed by atoms with Crippen molar-refractivity contribution in [2.45, 2.75) is 13.2 Å². The predicted octanol–water partition coefficient (Wildman–Crippen LogP) is 2.46. The van der Waals surface area contributed by atoms with Crippen LogP contribution in [0.1, 0.15) is 15.5 Å². The highest BCUT2D eigenvalue weighted by atomic mass is 32.1. The van der Waals surface area contributed by atoms with Gasteiger partial charge in [-0.25, -0.2) is 4.98 Å². The van der Waals surface area contributed by atoms with Gasteiger partial charge in [0.15, 0.2) is 0 Å². The molecule has 0 saturated carbocycles. The molecule has 5 nitrogen and oxygen atoms in total. The highest BCUT2D eigenvalue weighted by Gasteiger charge is 2.11. The van der Waals surface area contributed by atoms with Crippen molar-refractivity contribution in [2.24, 2.45) is 5.73 Å². The zero-order chi connectivity index (χ0) is 14.5. The van der Waals surface area contributed by atoms with Crippen molar-refractivity contribution in [2.75, 3.05) is 5.32 Å². The fraction of sp³-hybridized carbons (Fsp3) is 0.167. The van der Waals surface area contributed by atoms with Crippen molar-refractivity contribution < 1.29 is 18.3 Å². The first kappa shape index (κ1) is 14.4. The number of nitrogens with one attached hydrogen (secondary N) is 1. The van der Waals surface area contributed by atoms with Crippen LogP contribution in [0, 0.1) is 0 Å². The van der Waals surface area contributed by atoms with Crippen molar-refractivity contribution in [3.05, 3.63) is 40.3 Å². The molecule has 0 atom stereocenters. The topological polar surface area (TPSA) is 77.2 Å². The molecule has 0 unspecified atom stereocenters. The van der Waals surface area contributed by atoms with Gasteiger partial charge in [-0.3, -0.25) is 4.79 Å². The Hall–Kier alpha value is -2.06. The van der Waals surface area contributed by atoms with Crippen molar-refractivity contribution in [1.82, 2.24) is 4.98 Å². The molecule has 1 amide bonds. The van der Waals surface area contributed by atoms with E-state index in [2.05, 4.69) is 15.0 Å². The lowest BCUT2D eigenvalue weighted by molar-refractivity contribution is -0.0498. The number of halogens is 2. The van der Waals surface area contributed by atoms with Crippen molar-refractivity contribution in [3.8, 4) is 5.75 Å². The Morgan fingerprint density at radius 3 is 2.65 bits per heavy atom. The number of thiazole rings is 1. The highest BCUT2D eigenvalue weighted by molar-refractivity contribution is 7.09. The first-order valence-corrected chi connectivity index (χ1v) is 6.47. The molecule has 3 N–H and O–H groups in total. The Kier molecular flexibility index (Phi) is 4.59. The van der Waals surface area contributed by atoms with Gasteiger partial charge in [-0.05, 0) is 24.3 Å². The number of hydrogen-bond donors (Lipinski definition) is 2. The van der Waals surface area contributed by atoms with Gasteiger partial charge in [0.25, 0.3) is 5.91 Å². The van der Waals surface area contributed by atoms with Gasteiger partial charge in [-0.1, -0.05) is 0 Å². The molecule has 0 aliphatic carbocycles. The lowest BCUT2D eigenvalue weighted by atomic mass is 10.3. The van der Waals surface area contributed by atoms with E-state index < -0.39 is 6.61 Å². The van der Waals surface area contributed by atoms with E-state index in [1.54, 1.807) is 5.38 Å². The number of hydrogen-bond acceptors (Lipinski definition) is 5. The Bertz CT molecular complexity index is 587. The van der Waals surface area contributed by atoms with Gasteiger partial charge < -0.3 is 15.8 Å². The third kappa shape index (κ3) is 3.72. The first-order chi connectivity index (χ1) is 9.58. The molecule has 0 aliphatic heterocycles. The third-order valence-corrected chi connectivity index (χ3v) is 3.17. The average molecular weight is 299 g/mol. The highest BCUT2D eigenvalue weighted by Crippen LogP contribution is 2.18. The zero-order valence-corrected chi connectivity index (χ0v) is 11.0. The number of nitrogens with two attached hydrogens (primary N) is 1. The summed E-state index contributed by atoms with van der Waals surface area (Å²) in [7, 11) is 0. The smallest absolute Gasteiger partial charge is 0.387 e. The number of carbonyl (C=O) groups is 1. The molecular weight excluding hydrogens is 288 g/mol. The fourth-order valence-corrected chi connectivity index (χ4v) is 2.08. The fourth-order valence-electron chi connectivity index (χ4n) is 1.42. The normalized spacial score (nSPS) is 10.6. The largest absolute Gasteiger partial charge is 0.435 e. The summed E-state index contributed by atoms with van der Waals surface area (Å²) in [5.74, 6) is -0.361. The molecule has 0 bridgehead atoms. The van der Waals surface area contributed by atoms with Crippen LogP contribution in [-0.2, 0) is 6.54 Å². The van der Waals surface area contributed by atoms with Crippen LogP contribution in [0.2, 0.25) is 0 Å². The molecular formula is C12H11F2N3O2S. The van der Waals surface area contributed by atoms with E-state index in [1.165, 1.54) is 35.6 Å². The number of amides is 1. The number of carbonyl (C=O) groups excluding carboxylic acids is 1. The minimum absolute atomic E-state index is 0.0251. The summed E-state index contributed by atoms with van der Waals surface area (Å²) in [6.07, 6.45) is 0. The summed E-state index contributed by atoms with van der Waals surface area (Å²) >= 11 is 1.30. The molecule has 20 heavy (non-hydrogen) atoms. The molecule has 1 aromatic heterocycles.